The van der Waals surface area contributed by atoms with E-state index in [9.17, 15) is 0 Å². The number of pyridine rings is 1. The van der Waals surface area contributed by atoms with Gasteiger partial charge in [-0.25, -0.2) is 0 Å². The summed E-state index contributed by atoms with van der Waals surface area (Å²) in [6.45, 7) is 14.3. The van der Waals surface area contributed by atoms with Gasteiger partial charge in [-0.1, -0.05) is 131 Å². The van der Waals surface area contributed by atoms with Crippen LogP contribution in [0, 0.1) is 6.92 Å². The zero-order valence-electron chi connectivity index (χ0n) is 33.0. The molecule has 0 bridgehead atoms. The van der Waals surface area contributed by atoms with Crippen LogP contribution in [-0.4, -0.2) is 0 Å². The smallest absolute Gasteiger partial charge is 0.192 e. The summed E-state index contributed by atoms with van der Waals surface area (Å²) in [6, 6.07) is 52.7. The van der Waals surface area contributed by atoms with Gasteiger partial charge in [0.1, 0.15) is 0 Å². The molecule has 8 rings (SSSR count). The summed E-state index contributed by atoms with van der Waals surface area (Å²) in [5.41, 5.74) is 17.0. The number of aromatic nitrogens is 1. The molecular formula is C53H54N+. The zero-order valence-corrected chi connectivity index (χ0v) is 33.0. The Hall–Kier alpha value is -5.27. The predicted octanol–water partition coefficient (Wildman–Crippen LogP) is 14.3. The summed E-state index contributed by atoms with van der Waals surface area (Å²) >= 11 is 0. The molecule has 1 nitrogen and oxygen atoms in total. The first kappa shape index (κ1) is 35.7. The van der Waals surface area contributed by atoms with Crippen LogP contribution in [0.3, 0.4) is 0 Å². The Labute approximate surface area is 323 Å². The van der Waals surface area contributed by atoms with Gasteiger partial charge < -0.3 is 0 Å². The van der Waals surface area contributed by atoms with Crippen molar-refractivity contribution in [3.05, 3.63) is 162 Å². The summed E-state index contributed by atoms with van der Waals surface area (Å²) in [7, 11) is 0. The second kappa shape index (κ2) is 14.5. The molecule has 1 aromatic heterocycles. The first-order valence-corrected chi connectivity index (χ1v) is 20.3. The highest BCUT2D eigenvalue weighted by atomic mass is 15.1. The molecule has 6 aromatic carbocycles. The van der Waals surface area contributed by atoms with E-state index in [1.54, 1.807) is 0 Å². The molecule has 0 saturated heterocycles. The molecule has 54 heavy (non-hydrogen) atoms. The maximum Gasteiger partial charge on any atom is 0.221 e. The van der Waals surface area contributed by atoms with Crippen LogP contribution in [0.15, 0.2) is 146 Å². The molecule has 7 aromatic rings. The minimum Gasteiger partial charge on any atom is -0.192 e. The normalized spacial score (nSPS) is 15.9. The van der Waals surface area contributed by atoms with Gasteiger partial charge in [-0.05, 0) is 136 Å². The van der Waals surface area contributed by atoms with Crippen LogP contribution >= 0.6 is 0 Å². The number of hydrogen-bond donors (Lipinski definition) is 0. The fraction of sp³-hybridized carbons (Fsp3) is 0.264. The van der Waals surface area contributed by atoms with Crippen molar-refractivity contribution in [2.24, 2.45) is 0 Å². The average molecular weight is 705 g/mol. The van der Waals surface area contributed by atoms with Crippen LogP contribution in [0.4, 0.5) is 0 Å². The van der Waals surface area contributed by atoms with E-state index in [0.29, 0.717) is 0 Å². The third-order valence-corrected chi connectivity index (χ3v) is 13.1. The van der Waals surface area contributed by atoms with E-state index in [-0.39, 0.29) is 11.0 Å². The molecule has 0 aliphatic carbocycles. The van der Waals surface area contributed by atoms with E-state index in [0.717, 1.165) is 25.7 Å². The lowest BCUT2D eigenvalue weighted by molar-refractivity contribution is -0.768. The van der Waals surface area contributed by atoms with E-state index >= 15 is 0 Å². The molecule has 1 heteroatoms. The lowest BCUT2D eigenvalue weighted by atomic mass is 9.58. The minimum atomic E-state index is -0.0149. The van der Waals surface area contributed by atoms with E-state index in [2.05, 4.69) is 192 Å². The highest BCUT2D eigenvalue weighted by Crippen LogP contribution is 2.53. The Morgan fingerprint density at radius 3 is 1.83 bits per heavy atom. The molecule has 0 spiro atoms. The molecule has 0 saturated carbocycles. The summed E-state index contributed by atoms with van der Waals surface area (Å²) in [6.07, 6.45) is 9.17. The first-order chi connectivity index (χ1) is 26.3. The summed E-state index contributed by atoms with van der Waals surface area (Å²) in [5.74, 6) is 0. The van der Waals surface area contributed by atoms with Crippen LogP contribution in [0.2, 0.25) is 0 Å². The van der Waals surface area contributed by atoms with Gasteiger partial charge in [-0.2, -0.15) is 4.57 Å². The largest absolute Gasteiger partial charge is 0.221 e. The Morgan fingerprint density at radius 1 is 0.519 bits per heavy atom. The van der Waals surface area contributed by atoms with Crippen LogP contribution in [-0.2, 0) is 17.4 Å². The Kier molecular flexibility index (Phi) is 9.61. The monoisotopic (exact) mass is 704 g/mol. The van der Waals surface area contributed by atoms with E-state index in [1.165, 1.54) is 96.1 Å². The molecule has 1 atom stereocenters. The van der Waals surface area contributed by atoms with Gasteiger partial charge >= 0.3 is 0 Å². The zero-order chi connectivity index (χ0) is 37.5. The third kappa shape index (κ3) is 5.90. The molecule has 0 amide bonds. The van der Waals surface area contributed by atoms with Gasteiger partial charge in [0.2, 0.25) is 5.69 Å². The molecule has 0 fully saturated rings. The molecule has 0 N–H and O–H groups in total. The number of aryl methyl sites for hydroxylation is 2. The van der Waals surface area contributed by atoms with Gasteiger partial charge in [-0.3, -0.25) is 0 Å². The van der Waals surface area contributed by atoms with Crippen molar-refractivity contribution in [2.45, 2.75) is 91.0 Å². The average Bonchev–Trinajstić information content (AvgIpc) is 3.23. The first-order valence-electron chi connectivity index (χ1n) is 20.3. The van der Waals surface area contributed by atoms with Crippen LogP contribution < -0.4 is 4.57 Å². The number of nitrogens with zero attached hydrogens (tertiary/aromatic N) is 1. The van der Waals surface area contributed by atoms with E-state index in [4.69, 9.17) is 0 Å². The van der Waals surface area contributed by atoms with E-state index < -0.39 is 0 Å². The highest BCUT2D eigenvalue weighted by molar-refractivity contribution is 5.95. The standard InChI is InChI=1S/C53H54N/c1-7-11-19-38-20-17-24-41(31-38)45-33-44(39-21-13-12-14-22-39)34-46(35-45)42-25-18-26-43(32-42)48-36-49-50(30-37(48)5)52(6,8-2)53(9-3,10-4)54-29-28-40-23-15-16-27-47(40)51(49)54/h12-18,20-36H,7-11,19H2,1-6H3/q+1. The number of fused-ring (bicyclic) bond motifs is 5. The summed E-state index contributed by atoms with van der Waals surface area (Å²) in [5, 5.41) is 2.63. The molecule has 2 heterocycles. The maximum absolute atomic E-state index is 2.67. The van der Waals surface area contributed by atoms with Crippen molar-refractivity contribution in [3.8, 4) is 55.8 Å². The summed E-state index contributed by atoms with van der Waals surface area (Å²) < 4.78 is 2.67. The van der Waals surface area contributed by atoms with Crippen LogP contribution in [0.5, 0.6) is 0 Å². The Balaban J connectivity index is 1.30. The van der Waals surface area contributed by atoms with Crippen molar-refractivity contribution >= 4 is 10.8 Å². The molecule has 1 unspecified atom stereocenters. The highest BCUT2D eigenvalue weighted by Gasteiger charge is 2.58. The van der Waals surface area contributed by atoms with Crippen molar-refractivity contribution in [1.82, 2.24) is 0 Å². The van der Waals surface area contributed by atoms with Gasteiger partial charge in [0, 0.05) is 18.9 Å². The number of rotatable bonds is 10. The van der Waals surface area contributed by atoms with Gasteiger partial charge in [0.25, 0.3) is 0 Å². The van der Waals surface area contributed by atoms with E-state index in [1.807, 2.05) is 0 Å². The Bertz CT molecular complexity index is 2470. The maximum atomic E-state index is 2.67. The van der Waals surface area contributed by atoms with Crippen LogP contribution in [0.1, 0.15) is 83.4 Å². The predicted molar refractivity (Wildman–Crippen MR) is 231 cm³/mol. The fourth-order valence-corrected chi connectivity index (χ4v) is 9.84. The van der Waals surface area contributed by atoms with Crippen molar-refractivity contribution in [3.63, 3.8) is 0 Å². The number of hydrogen-bond acceptors (Lipinski definition) is 0. The lowest BCUT2D eigenvalue weighted by Crippen LogP contribution is -2.68. The molecular weight excluding hydrogens is 651 g/mol. The molecule has 0 radical (unpaired) electrons. The second-order valence-corrected chi connectivity index (χ2v) is 15.8. The van der Waals surface area contributed by atoms with Crippen molar-refractivity contribution in [2.75, 3.05) is 0 Å². The van der Waals surface area contributed by atoms with Gasteiger partial charge in [-0.15, -0.1) is 0 Å². The number of benzene rings is 6. The van der Waals surface area contributed by atoms with Crippen LogP contribution in [0.25, 0.3) is 66.5 Å². The SMILES string of the molecule is CCCCc1cccc(-c2cc(-c3ccccc3)cc(-c3cccc(-c4cc5c(cc4C)C(C)(CC)C(CC)(CC)[n+]4ccc6ccccc6c4-5)c3)c2)c1. The molecule has 270 valence electrons. The molecule has 1 aliphatic heterocycles. The second-order valence-electron chi connectivity index (χ2n) is 15.8. The fourth-order valence-electron chi connectivity index (χ4n) is 9.84. The third-order valence-electron chi connectivity index (χ3n) is 13.1. The van der Waals surface area contributed by atoms with Crippen molar-refractivity contribution < 1.29 is 4.57 Å². The molecule has 1 aliphatic rings. The van der Waals surface area contributed by atoms with Gasteiger partial charge in [0.15, 0.2) is 11.7 Å². The minimum absolute atomic E-state index is 0.0147. The van der Waals surface area contributed by atoms with Crippen molar-refractivity contribution in [1.29, 1.82) is 0 Å². The lowest BCUT2D eigenvalue weighted by Gasteiger charge is -2.48. The Morgan fingerprint density at radius 2 is 1.13 bits per heavy atom. The quantitative estimate of drug-likeness (QED) is 0.125. The van der Waals surface area contributed by atoms with Gasteiger partial charge in [0.05, 0.1) is 16.4 Å². The topological polar surface area (TPSA) is 3.88 Å². The number of unbranched alkanes of at least 4 members (excludes halogenated alkanes) is 1. The summed E-state index contributed by atoms with van der Waals surface area (Å²) in [4.78, 5) is 0.